The third kappa shape index (κ3) is 103. The maximum absolute atomic E-state index is 11.2. The minimum absolute atomic E-state index is 0.0503. The summed E-state index contributed by atoms with van der Waals surface area (Å²) in [6.45, 7) is 92.9. The van der Waals surface area contributed by atoms with Crippen LogP contribution in [0.25, 0.3) is 18.2 Å². The SMILES string of the molecule is C#CC(C)(C)C.C#CCOC(C)(C)C.C/C=C/C(C)(C)C.CC(=O)c1ccc(/C=C/C(C)(C)C)cc1.CC(=O)c1cccc(/C=C/C(C)(C)C)c1.CC(C)(C)/C=C/C(C)(C)C.CC(C)(C)/C=C/CN1CCCC1.CC(C)(C)/C=C/c1ccccc1.CC(C)(C)C#CC1CC1.CC(C)(C)OCC1CCCCC1.CC(C)(C)OCCC1CCCCC1.CCC. The Bertz CT molecular complexity index is 3430. The normalized spacial score (nSPS) is 15.2. The van der Waals surface area contributed by atoms with Crippen LogP contribution < -0.4 is 0 Å². The van der Waals surface area contributed by atoms with Gasteiger partial charge in [-0.2, -0.15) is 0 Å². The summed E-state index contributed by atoms with van der Waals surface area (Å²) < 4.78 is 16.6. The number of carbonyl (C=O) groups excluding carboxylic acids is 2. The molecule has 0 radical (unpaired) electrons. The molecule has 0 spiro atoms. The van der Waals surface area contributed by atoms with Gasteiger partial charge in [-0.25, -0.2) is 0 Å². The number of benzene rings is 3. The van der Waals surface area contributed by atoms with E-state index in [0.29, 0.717) is 28.3 Å². The molecule has 3 aliphatic carbocycles. The van der Waals surface area contributed by atoms with Gasteiger partial charge in [-0.15, -0.1) is 18.8 Å². The minimum Gasteiger partial charge on any atom is -0.376 e. The first-order valence-corrected chi connectivity index (χ1v) is 46.9. The summed E-state index contributed by atoms with van der Waals surface area (Å²) in [6, 6.07) is 25.7. The molecule has 696 valence electrons. The molecular weight excluding hydrogens is 1490 g/mol. The van der Waals surface area contributed by atoms with Crippen LogP contribution in [0.15, 0.2) is 134 Å². The molecule has 0 bridgehead atoms. The zero-order valence-electron chi connectivity index (χ0n) is 87.9. The predicted molar refractivity (Wildman–Crippen MR) is 549 cm³/mol. The summed E-state index contributed by atoms with van der Waals surface area (Å²) in [7, 11) is 0. The van der Waals surface area contributed by atoms with E-state index < -0.39 is 0 Å². The Hall–Kier alpha value is -6.04. The average Bonchev–Trinajstić information content (AvgIpc) is 1.03. The van der Waals surface area contributed by atoms with Crippen LogP contribution in [-0.2, 0) is 14.2 Å². The Labute approximate surface area is 761 Å². The van der Waals surface area contributed by atoms with Gasteiger partial charge in [0.25, 0.3) is 0 Å². The number of ketones is 2. The highest BCUT2D eigenvalue weighted by atomic mass is 16.5. The Balaban J connectivity index is -0.000000414. The van der Waals surface area contributed by atoms with Crippen molar-refractivity contribution in [3.63, 3.8) is 0 Å². The zero-order valence-corrected chi connectivity index (χ0v) is 87.9. The van der Waals surface area contributed by atoms with Crippen molar-refractivity contribution >= 4 is 29.8 Å². The summed E-state index contributed by atoms with van der Waals surface area (Å²) >= 11 is 0. The number of ether oxygens (including phenoxy) is 3. The van der Waals surface area contributed by atoms with E-state index in [9.17, 15) is 9.59 Å². The molecular formula is C116H197NO5. The van der Waals surface area contributed by atoms with E-state index in [1.807, 2.05) is 103 Å². The van der Waals surface area contributed by atoms with Gasteiger partial charge in [-0.1, -0.05) is 381 Å². The molecule has 4 aliphatic rings. The Morgan fingerprint density at radius 2 is 0.779 bits per heavy atom. The Morgan fingerprint density at radius 1 is 0.410 bits per heavy atom. The highest BCUT2D eigenvalue weighted by Gasteiger charge is 2.21. The summed E-state index contributed by atoms with van der Waals surface area (Å²) in [5.41, 5.74) is 7.33. The van der Waals surface area contributed by atoms with Gasteiger partial charge in [-0.3, -0.25) is 14.5 Å². The van der Waals surface area contributed by atoms with E-state index in [-0.39, 0.29) is 55.4 Å². The molecule has 0 unspecified atom stereocenters. The van der Waals surface area contributed by atoms with Crippen LogP contribution in [0.4, 0.5) is 0 Å². The number of likely N-dealkylation sites (tertiary alicyclic amines) is 1. The molecule has 0 atom stereocenters. The van der Waals surface area contributed by atoms with E-state index >= 15 is 0 Å². The number of hydrogen-bond acceptors (Lipinski definition) is 6. The second-order valence-corrected chi connectivity index (χ2v) is 46.3. The number of terminal acetylenes is 2. The number of Topliss-reactive ketones (excluding diaryl/α,β-unsaturated/α-hetero) is 2. The molecule has 122 heavy (non-hydrogen) atoms. The average molecular weight is 1690 g/mol. The van der Waals surface area contributed by atoms with Crippen LogP contribution in [0, 0.1) is 103 Å². The molecule has 0 N–H and O–H groups in total. The second kappa shape index (κ2) is 63.8. The quantitative estimate of drug-likeness (QED) is 0.0965. The Morgan fingerprint density at radius 3 is 1.10 bits per heavy atom. The van der Waals surface area contributed by atoms with Gasteiger partial charge in [0.15, 0.2) is 11.6 Å². The van der Waals surface area contributed by atoms with Gasteiger partial charge >= 0.3 is 0 Å². The van der Waals surface area contributed by atoms with E-state index in [2.05, 4.69) is 347 Å². The zero-order chi connectivity index (χ0) is 95.5. The van der Waals surface area contributed by atoms with Crippen molar-refractivity contribution in [1.82, 2.24) is 4.90 Å². The first-order valence-electron chi connectivity index (χ1n) is 46.9. The van der Waals surface area contributed by atoms with Crippen LogP contribution in [0.3, 0.4) is 0 Å². The smallest absolute Gasteiger partial charge is 0.159 e. The van der Waals surface area contributed by atoms with E-state index in [0.717, 1.165) is 59.8 Å². The topological polar surface area (TPSA) is 65.1 Å². The van der Waals surface area contributed by atoms with Gasteiger partial charge in [0.05, 0.1) is 23.4 Å². The maximum Gasteiger partial charge on any atom is 0.159 e. The molecule has 1 saturated heterocycles. The number of carbonyl (C=O) groups is 2. The van der Waals surface area contributed by atoms with Crippen molar-refractivity contribution in [3.8, 4) is 36.5 Å². The third-order valence-electron chi connectivity index (χ3n) is 17.2. The van der Waals surface area contributed by atoms with Crippen LogP contribution in [-0.4, -0.2) is 72.7 Å². The summed E-state index contributed by atoms with van der Waals surface area (Å²) in [5, 5.41) is 0. The van der Waals surface area contributed by atoms with Crippen LogP contribution in [0.1, 0.15) is 424 Å². The molecule has 7 rings (SSSR count). The van der Waals surface area contributed by atoms with Crippen molar-refractivity contribution in [3.05, 3.63) is 161 Å². The van der Waals surface area contributed by atoms with Crippen molar-refractivity contribution in [1.29, 1.82) is 0 Å². The fourth-order valence-corrected chi connectivity index (χ4v) is 10.3. The molecule has 0 amide bonds. The predicted octanol–water partition coefficient (Wildman–Crippen LogP) is 34.7. The fraction of sp³-hybridized carbons (Fsp3) is 0.672. The third-order valence-corrected chi connectivity index (χ3v) is 17.2. The van der Waals surface area contributed by atoms with Crippen molar-refractivity contribution in [2.75, 3.05) is 39.5 Å². The number of hydrogen-bond donors (Lipinski definition) is 0. The molecule has 3 saturated carbocycles. The van der Waals surface area contributed by atoms with Crippen LogP contribution >= 0.6 is 0 Å². The lowest BCUT2D eigenvalue weighted by molar-refractivity contribution is -0.0278. The number of rotatable bonds is 13. The van der Waals surface area contributed by atoms with Gasteiger partial charge < -0.3 is 14.2 Å². The molecule has 3 aromatic rings. The van der Waals surface area contributed by atoms with Crippen molar-refractivity contribution in [2.45, 2.75) is 403 Å². The Kier molecular flexibility index (Phi) is 65.1. The summed E-state index contributed by atoms with van der Waals surface area (Å²) in [5.74, 6) is 14.3. The second-order valence-electron chi connectivity index (χ2n) is 46.3. The first-order chi connectivity index (χ1) is 55.5. The van der Waals surface area contributed by atoms with Gasteiger partial charge in [-0.05, 0) is 255 Å². The highest BCUT2D eigenvalue weighted by Crippen LogP contribution is 2.30. The highest BCUT2D eigenvalue weighted by molar-refractivity contribution is 5.95. The molecule has 1 heterocycles. The minimum atomic E-state index is -0.0909. The van der Waals surface area contributed by atoms with Gasteiger partial charge in [0, 0.05) is 41.0 Å². The molecule has 6 heteroatoms. The van der Waals surface area contributed by atoms with Crippen LogP contribution in [0.5, 0.6) is 0 Å². The lowest BCUT2D eigenvalue weighted by atomic mass is 9.87. The van der Waals surface area contributed by atoms with Gasteiger partial charge in [0.2, 0.25) is 0 Å². The summed E-state index contributed by atoms with van der Waals surface area (Å²) in [4.78, 5) is 24.7. The lowest BCUT2D eigenvalue weighted by Crippen LogP contribution is -2.24. The van der Waals surface area contributed by atoms with Crippen molar-refractivity contribution < 1.29 is 23.8 Å². The molecule has 6 nitrogen and oxygen atoms in total. The van der Waals surface area contributed by atoms with Gasteiger partial charge in [0.1, 0.15) is 6.61 Å². The monoisotopic (exact) mass is 1680 g/mol. The first kappa shape index (κ1) is 124. The molecule has 3 aromatic carbocycles. The standard InChI is InChI=1S/2C14H18O.C12H24O.C12H16.C11H21N.C11H22O.C10H20.C9H14.C7H12O.C7H14.C6H10.C3H8/c1-11(15)13-7-5-12(6-8-13)9-10-14(2,3)4;1-11(15)13-7-5-6-12(10-13)8-9-14(2,3)4;1-12(2,3)13-10-9-11-7-5-4-6-8-11;1-12(2,3)10-9-11-7-5-4-6-8-11;1-11(2,3)7-6-10-12-8-4-5-9-12;1-11(2,3)12-9-10-7-5-4-6-8-10;1-9(2,3)7-8-10(4,5)6;1-9(2,3)7-6-8-4-5-8;1-5-6-8-7(2,3)4;1-5-6-7(2,3)4;1-5-6(2,3)4;1-3-2/h2*5-10H,1-4H3;11H,4-10H2,1-3H3;4-10H,1-3H3;6-7H,4-5,8-10H2,1-3H3;10H,4-9H2,1-3H3;7-8H,1-6H3;8H,4-5H2,1-3H3;1H,6H2,2-4H3;5-6H,1-4H3;1H,2-4H3;3H2,1-2H3/b10-9+;9-8+;;10-9+;7-6+;;8-7+;;;6-5+;;. The largest absolute Gasteiger partial charge is 0.376 e. The number of nitrogens with zero attached hydrogens (tertiary/aromatic N) is 1. The lowest BCUT2D eigenvalue weighted by Gasteiger charge is -2.26. The van der Waals surface area contributed by atoms with E-state index in [1.165, 1.54) is 121 Å². The van der Waals surface area contributed by atoms with Crippen molar-refractivity contribution in [2.24, 2.45) is 66.5 Å². The summed E-state index contributed by atoms with van der Waals surface area (Å²) in [6.07, 6.45) is 58.5. The van der Waals surface area contributed by atoms with Crippen LogP contribution in [0.2, 0.25) is 0 Å². The molecule has 4 fully saturated rings. The van der Waals surface area contributed by atoms with E-state index in [4.69, 9.17) is 27.1 Å². The molecule has 1 aliphatic heterocycles. The van der Waals surface area contributed by atoms with E-state index in [1.54, 1.807) is 13.8 Å². The number of allylic oxidation sites excluding steroid dienone is 8. The fourth-order valence-electron chi connectivity index (χ4n) is 10.3. The maximum atomic E-state index is 11.2. The molecule has 0 aromatic heterocycles.